The molecule has 1 fully saturated rings. The first-order chi connectivity index (χ1) is 17.9. The number of benzene rings is 2. The number of methoxy groups -OCH3 is 3. The van der Waals surface area contributed by atoms with E-state index in [1.807, 2.05) is 42.5 Å². The molecule has 1 N–H and O–H groups in total. The van der Waals surface area contributed by atoms with Crippen molar-refractivity contribution in [2.24, 2.45) is 0 Å². The number of nitrogens with one attached hydrogen (secondary N) is 1. The topological polar surface area (TPSA) is 100 Å². The minimum Gasteiger partial charge on any atom is -0.496 e. The quantitative estimate of drug-likeness (QED) is 0.215. The van der Waals surface area contributed by atoms with Gasteiger partial charge in [0.15, 0.2) is 11.9 Å². The van der Waals surface area contributed by atoms with Crippen molar-refractivity contribution >= 4 is 17.7 Å². The van der Waals surface area contributed by atoms with E-state index in [-0.39, 0.29) is 12.2 Å². The second kappa shape index (κ2) is 13.8. The Hall–Kier alpha value is -3.39. The lowest BCUT2D eigenvalue weighted by atomic mass is 9.95. The summed E-state index contributed by atoms with van der Waals surface area (Å²) in [6.07, 6.45) is 3.30. The molecule has 37 heavy (non-hydrogen) atoms. The zero-order chi connectivity index (χ0) is 26.8. The molecule has 2 unspecified atom stereocenters. The average Bonchev–Trinajstić information content (AvgIpc) is 3.75. The van der Waals surface area contributed by atoms with Crippen molar-refractivity contribution in [3.8, 4) is 11.5 Å². The Morgan fingerprint density at radius 2 is 1.62 bits per heavy atom. The zero-order valence-corrected chi connectivity index (χ0v) is 22.1. The first kappa shape index (κ1) is 28.2. The molecule has 0 aliphatic heterocycles. The maximum atomic E-state index is 13.7. The van der Waals surface area contributed by atoms with Crippen molar-refractivity contribution in [1.82, 2.24) is 5.32 Å². The molecule has 2 aromatic rings. The maximum absolute atomic E-state index is 13.7. The molecular formula is C29H37NO7. The average molecular weight is 512 g/mol. The summed E-state index contributed by atoms with van der Waals surface area (Å²) in [6.45, 7) is 1.71. The number of hydrogen-bond acceptors (Lipinski definition) is 8. The predicted octanol–water partition coefficient (Wildman–Crippen LogP) is 4.24. The van der Waals surface area contributed by atoms with Crippen molar-refractivity contribution < 1.29 is 33.3 Å². The number of Topliss-reactive ketones (excluding diaryl/α,β-unsaturated/α-hetero) is 1. The Bertz CT molecular complexity index is 1040. The largest absolute Gasteiger partial charge is 0.496 e. The van der Waals surface area contributed by atoms with Gasteiger partial charge in [0.25, 0.3) is 0 Å². The van der Waals surface area contributed by atoms with Gasteiger partial charge in [-0.2, -0.15) is 0 Å². The molecule has 2 atom stereocenters. The van der Waals surface area contributed by atoms with Crippen LogP contribution in [0, 0.1) is 0 Å². The fraction of sp³-hybridized carbons (Fsp3) is 0.483. The van der Waals surface area contributed by atoms with Crippen molar-refractivity contribution in [3.63, 3.8) is 0 Å². The van der Waals surface area contributed by atoms with Gasteiger partial charge in [0.2, 0.25) is 0 Å². The Balaban J connectivity index is 1.74. The van der Waals surface area contributed by atoms with Gasteiger partial charge in [-0.15, -0.1) is 0 Å². The molecule has 0 aromatic heterocycles. The van der Waals surface area contributed by atoms with Crippen LogP contribution in [-0.4, -0.2) is 57.7 Å². The van der Waals surface area contributed by atoms with Gasteiger partial charge >= 0.3 is 11.9 Å². The van der Waals surface area contributed by atoms with E-state index >= 15 is 0 Å². The molecule has 1 aliphatic rings. The molecular weight excluding hydrogens is 474 g/mol. The van der Waals surface area contributed by atoms with Crippen LogP contribution in [0.4, 0.5) is 0 Å². The Morgan fingerprint density at radius 1 is 0.973 bits per heavy atom. The molecule has 200 valence electrons. The fourth-order valence-corrected chi connectivity index (χ4v) is 4.46. The van der Waals surface area contributed by atoms with Crippen molar-refractivity contribution in [1.29, 1.82) is 0 Å². The zero-order valence-electron chi connectivity index (χ0n) is 22.1. The fourth-order valence-electron chi connectivity index (χ4n) is 4.46. The Kier molecular flexibility index (Phi) is 10.5. The molecule has 0 radical (unpaired) electrons. The standard InChI is InChI=1S/C29H37NO7/c1-19(31)37-24(29(33)36-4)11-8-16-30-23(15-12-20-9-6-5-7-10-20)28(32)22-17-25(34-2)27(21-13-14-21)26(18-22)35-3/h5-7,9-10,17-18,21,23-24,30H,8,11-16H2,1-4H3. The molecule has 0 bridgehead atoms. The predicted molar refractivity (Wildman–Crippen MR) is 139 cm³/mol. The van der Waals surface area contributed by atoms with Gasteiger partial charge in [-0.25, -0.2) is 4.79 Å². The number of carbonyl (C=O) groups excluding carboxylic acids is 3. The SMILES string of the molecule is COC(=O)C(CCCNC(CCc1ccccc1)C(=O)c1cc(OC)c(C2CC2)c(OC)c1)OC(C)=O. The highest BCUT2D eigenvalue weighted by Gasteiger charge is 2.32. The lowest BCUT2D eigenvalue weighted by Crippen LogP contribution is -2.38. The second-order valence-corrected chi connectivity index (χ2v) is 9.23. The van der Waals surface area contributed by atoms with E-state index in [2.05, 4.69) is 5.32 Å². The molecule has 2 aromatic carbocycles. The van der Waals surface area contributed by atoms with Crippen molar-refractivity contribution in [3.05, 3.63) is 59.2 Å². The minimum absolute atomic E-state index is 0.0561. The van der Waals surface area contributed by atoms with Gasteiger partial charge in [0.1, 0.15) is 11.5 Å². The summed E-state index contributed by atoms with van der Waals surface area (Å²) < 4.78 is 21.1. The van der Waals surface area contributed by atoms with E-state index in [1.165, 1.54) is 14.0 Å². The second-order valence-electron chi connectivity index (χ2n) is 9.23. The number of ether oxygens (including phenoxy) is 4. The molecule has 1 aliphatic carbocycles. The lowest BCUT2D eigenvalue weighted by Gasteiger charge is -2.21. The third-order valence-corrected chi connectivity index (χ3v) is 6.50. The number of esters is 2. The number of hydrogen-bond donors (Lipinski definition) is 1. The van der Waals surface area contributed by atoms with Crippen LogP contribution in [0.3, 0.4) is 0 Å². The summed E-state index contributed by atoms with van der Waals surface area (Å²) in [4.78, 5) is 37.0. The summed E-state index contributed by atoms with van der Waals surface area (Å²) in [7, 11) is 4.48. The highest BCUT2D eigenvalue weighted by molar-refractivity contribution is 6.01. The summed E-state index contributed by atoms with van der Waals surface area (Å²) in [5.74, 6) is 0.558. The van der Waals surface area contributed by atoms with Crippen LogP contribution in [0.15, 0.2) is 42.5 Å². The number of ketones is 1. The molecule has 0 amide bonds. The van der Waals surface area contributed by atoms with Crippen LogP contribution < -0.4 is 14.8 Å². The number of rotatable bonds is 15. The van der Waals surface area contributed by atoms with Crippen LogP contribution in [0.2, 0.25) is 0 Å². The highest BCUT2D eigenvalue weighted by atomic mass is 16.6. The minimum atomic E-state index is -0.966. The van der Waals surface area contributed by atoms with Crippen molar-refractivity contribution in [2.45, 2.75) is 63.5 Å². The number of carbonyl (C=O) groups is 3. The van der Waals surface area contributed by atoms with E-state index in [0.29, 0.717) is 42.4 Å². The normalized spacial score (nSPS) is 14.4. The van der Waals surface area contributed by atoms with Gasteiger partial charge in [-0.05, 0) is 68.7 Å². The molecule has 1 saturated carbocycles. The van der Waals surface area contributed by atoms with E-state index in [0.717, 1.165) is 30.4 Å². The summed E-state index contributed by atoms with van der Waals surface area (Å²) in [5.41, 5.74) is 2.69. The smallest absolute Gasteiger partial charge is 0.347 e. The van der Waals surface area contributed by atoms with Gasteiger partial charge < -0.3 is 24.3 Å². The van der Waals surface area contributed by atoms with Crippen LogP contribution in [0.25, 0.3) is 0 Å². The highest BCUT2D eigenvalue weighted by Crippen LogP contribution is 2.49. The molecule has 0 heterocycles. The van der Waals surface area contributed by atoms with E-state index in [9.17, 15) is 14.4 Å². The van der Waals surface area contributed by atoms with Crippen molar-refractivity contribution in [2.75, 3.05) is 27.9 Å². The molecule has 0 spiro atoms. The molecule has 0 saturated heterocycles. The van der Waals surface area contributed by atoms with Gasteiger partial charge in [-0.3, -0.25) is 9.59 Å². The molecule has 8 nitrogen and oxygen atoms in total. The molecule has 3 rings (SSSR count). The van der Waals surface area contributed by atoms with Crippen LogP contribution >= 0.6 is 0 Å². The lowest BCUT2D eigenvalue weighted by molar-refractivity contribution is -0.165. The third kappa shape index (κ3) is 8.05. The Labute approximate surface area is 218 Å². The maximum Gasteiger partial charge on any atom is 0.347 e. The monoisotopic (exact) mass is 511 g/mol. The Morgan fingerprint density at radius 3 is 2.16 bits per heavy atom. The van der Waals surface area contributed by atoms with Gasteiger partial charge in [-0.1, -0.05) is 30.3 Å². The summed E-state index contributed by atoms with van der Waals surface area (Å²) in [6, 6.07) is 13.2. The van der Waals surface area contributed by atoms with E-state index in [4.69, 9.17) is 18.9 Å². The molecule has 8 heteroatoms. The third-order valence-electron chi connectivity index (χ3n) is 6.50. The summed E-state index contributed by atoms with van der Waals surface area (Å²) >= 11 is 0. The first-order valence-electron chi connectivity index (χ1n) is 12.7. The van der Waals surface area contributed by atoms with Crippen LogP contribution in [0.5, 0.6) is 11.5 Å². The summed E-state index contributed by atoms with van der Waals surface area (Å²) in [5, 5.41) is 3.35. The van der Waals surface area contributed by atoms with Gasteiger partial charge in [0, 0.05) is 18.1 Å². The number of aryl methyl sites for hydroxylation is 1. The van der Waals surface area contributed by atoms with E-state index in [1.54, 1.807) is 14.2 Å². The van der Waals surface area contributed by atoms with Crippen LogP contribution in [-0.2, 0) is 25.5 Å². The van der Waals surface area contributed by atoms with Gasteiger partial charge in [0.05, 0.1) is 27.4 Å². The van der Waals surface area contributed by atoms with Crippen LogP contribution in [0.1, 0.15) is 66.4 Å². The first-order valence-corrected chi connectivity index (χ1v) is 12.7. The van der Waals surface area contributed by atoms with E-state index < -0.39 is 24.1 Å².